The summed E-state index contributed by atoms with van der Waals surface area (Å²) in [5.74, 6) is 1.62. The molecule has 0 fully saturated rings. The summed E-state index contributed by atoms with van der Waals surface area (Å²) in [5, 5.41) is 2.98. The number of benzene rings is 2. The van der Waals surface area contributed by atoms with Gasteiger partial charge in [-0.2, -0.15) is 0 Å². The molecule has 0 radical (unpaired) electrons. The Balaban J connectivity index is 2.24. The van der Waals surface area contributed by atoms with Crippen molar-refractivity contribution in [2.45, 2.75) is 46.2 Å². The maximum atomic E-state index is 13.3. The molecular formula is C25H34N2O4. The monoisotopic (exact) mass is 426 g/mol. The van der Waals surface area contributed by atoms with Crippen molar-refractivity contribution >= 4 is 11.8 Å². The summed E-state index contributed by atoms with van der Waals surface area (Å²) >= 11 is 0. The third kappa shape index (κ3) is 7.31. The second kappa shape index (κ2) is 12.0. The van der Waals surface area contributed by atoms with E-state index >= 15 is 0 Å². The number of amides is 2. The van der Waals surface area contributed by atoms with Crippen molar-refractivity contribution in [2.24, 2.45) is 5.92 Å². The van der Waals surface area contributed by atoms with Crippen LogP contribution in [0.25, 0.3) is 0 Å². The fourth-order valence-corrected chi connectivity index (χ4v) is 3.29. The molecule has 6 heteroatoms. The highest BCUT2D eigenvalue weighted by Gasteiger charge is 2.28. The number of nitrogens with one attached hydrogen (secondary N) is 1. The lowest BCUT2D eigenvalue weighted by molar-refractivity contribution is -0.141. The first-order valence-electron chi connectivity index (χ1n) is 10.7. The summed E-state index contributed by atoms with van der Waals surface area (Å²) in [4.78, 5) is 27.9. The van der Waals surface area contributed by atoms with Crippen LogP contribution in [0.15, 0.2) is 48.5 Å². The van der Waals surface area contributed by atoms with Gasteiger partial charge in [-0.3, -0.25) is 9.59 Å². The molecule has 0 aliphatic heterocycles. The highest BCUT2D eigenvalue weighted by atomic mass is 16.5. The predicted molar refractivity (Wildman–Crippen MR) is 122 cm³/mol. The minimum atomic E-state index is -0.536. The topological polar surface area (TPSA) is 67.9 Å². The molecular weight excluding hydrogens is 392 g/mol. The number of carbonyl (C=O) groups excluding carboxylic acids is 2. The summed E-state index contributed by atoms with van der Waals surface area (Å²) in [7, 11) is 3.23. The Morgan fingerprint density at radius 1 is 0.903 bits per heavy atom. The van der Waals surface area contributed by atoms with E-state index in [1.807, 2.05) is 69.3 Å². The Morgan fingerprint density at radius 3 is 1.87 bits per heavy atom. The molecule has 0 saturated heterocycles. The Bertz CT molecular complexity index is 832. The molecule has 6 nitrogen and oxygen atoms in total. The van der Waals surface area contributed by atoms with Gasteiger partial charge in [0.25, 0.3) is 0 Å². The molecule has 1 unspecified atom stereocenters. The summed E-state index contributed by atoms with van der Waals surface area (Å²) in [6, 6.07) is 14.5. The lowest BCUT2D eigenvalue weighted by Crippen LogP contribution is -2.50. The zero-order valence-corrected chi connectivity index (χ0v) is 19.2. The Labute approximate surface area is 185 Å². The average Bonchev–Trinajstić information content (AvgIpc) is 2.78. The number of nitrogens with zero attached hydrogens (tertiary/aromatic N) is 1. The third-order valence-corrected chi connectivity index (χ3v) is 5.10. The summed E-state index contributed by atoms with van der Waals surface area (Å²) in [6.45, 7) is 6.96. The zero-order chi connectivity index (χ0) is 22.8. The Kier molecular flexibility index (Phi) is 9.38. The molecule has 0 aromatic heterocycles. The van der Waals surface area contributed by atoms with Gasteiger partial charge in [-0.15, -0.1) is 0 Å². The van der Waals surface area contributed by atoms with E-state index in [-0.39, 0.29) is 18.2 Å². The van der Waals surface area contributed by atoms with E-state index in [2.05, 4.69) is 5.32 Å². The van der Waals surface area contributed by atoms with Gasteiger partial charge in [0.05, 0.1) is 20.6 Å². The van der Waals surface area contributed by atoms with Crippen molar-refractivity contribution in [1.82, 2.24) is 10.2 Å². The average molecular weight is 427 g/mol. The normalized spacial score (nSPS) is 11.7. The van der Waals surface area contributed by atoms with Crippen molar-refractivity contribution in [3.8, 4) is 11.5 Å². The molecule has 0 bridgehead atoms. The maximum absolute atomic E-state index is 13.3. The molecule has 2 rings (SSSR count). The molecule has 0 aliphatic carbocycles. The van der Waals surface area contributed by atoms with E-state index in [1.54, 1.807) is 19.1 Å². The van der Waals surface area contributed by atoms with Crippen LogP contribution < -0.4 is 14.8 Å². The van der Waals surface area contributed by atoms with Crippen molar-refractivity contribution in [2.75, 3.05) is 20.8 Å². The van der Waals surface area contributed by atoms with Crippen molar-refractivity contribution in [1.29, 1.82) is 0 Å². The van der Waals surface area contributed by atoms with Gasteiger partial charge < -0.3 is 19.7 Å². The van der Waals surface area contributed by atoms with Crippen LogP contribution in [0.1, 0.15) is 38.3 Å². The minimum absolute atomic E-state index is 0.0902. The molecule has 31 heavy (non-hydrogen) atoms. The highest BCUT2D eigenvalue weighted by Crippen LogP contribution is 2.18. The van der Waals surface area contributed by atoms with Crippen LogP contribution in [0.4, 0.5) is 0 Å². The van der Waals surface area contributed by atoms with Crippen LogP contribution in [-0.4, -0.2) is 43.5 Å². The van der Waals surface area contributed by atoms with Crippen LogP contribution >= 0.6 is 0 Å². The Hall–Kier alpha value is -3.02. The zero-order valence-electron chi connectivity index (χ0n) is 19.2. The minimum Gasteiger partial charge on any atom is -0.497 e. The number of hydrogen-bond donors (Lipinski definition) is 1. The molecule has 2 aromatic rings. The van der Waals surface area contributed by atoms with Crippen molar-refractivity contribution < 1.29 is 19.1 Å². The first-order valence-corrected chi connectivity index (χ1v) is 10.7. The first-order chi connectivity index (χ1) is 14.9. The van der Waals surface area contributed by atoms with E-state index in [0.717, 1.165) is 22.6 Å². The SMILES string of the molecule is CCC(C(=O)NCC(C)C)N(Cc1ccc(OC)cc1)C(=O)Cc1ccc(OC)cc1. The van der Waals surface area contributed by atoms with E-state index < -0.39 is 6.04 Å². The van der Waals surface area contributed by atoms with Gasteiger partial charge in [-0.25, -0.2) is 0 Å². The van der Waals surface area contributed by atoms with Gasteiger partial charge in [-0.1, -0.05) is 45.0 Å². The lowest BCUT2D eigenvalue weighted by Gasteiger charge is -2.31. The van der Waals surface area contributed by atoms with Crippen LogP contribution in [0, 0.1) is 5.92 Å². The number of ether oxygens (including phenoxy) is 2. The highest BCUT2D eigenvalue weighted by molar-refractivity contribution is 5.88. The van der Waals surface area contributed by atoms with Gasteiger partial charge in [0.1, 0.15) is 17.5 Å². The van der Waals surface area contributed by atoms with E-state index in [4.69, 9.17) is 9.47 Å². The van der Waals surface area contributed by atoms with Gasteiger partial charge >= 0.3 is 0 Å². The number of methoxy groups -OCH3 is 2. The molecule has 2 aromatic carbocycles. The largest absolute Gasteiger partial charge is 0.497 e. The summed E-state index contributed by atoms with van der Waals surface area (Å²) in [6.07, 6.45) is 0.753. The van der Waals surface area contributed by atoms with Gasteiger partial charge in [0.2, 0.25) is 11.8 Å². The predicted octanol–water partition coefficient (Wildman–Crippen LogP) is 3.83. The second-order valence-corrected chi connectivity index (χ2v) is 7.96. The molecule has 1 atom stereocenters. The van der Waals surface area contributed by atoms with E-state index in [9.17, 15) is 9.59 Å². The first kappa shape index (κ1) is 24.3. The standard InChI is InChI=1S/C25H34N2O4/c1-6-23(25(29)26-16-18(2)3)27(17-20-9-13-22(31-5)14-10-20)24(28)15-19-7-11-21(30-4)12-8-19/h7-14,18,23H,6,15-17H2,1-5H3,(H,26,29). The molecule has 0 spiro atoms. The fourth-order valence-electron chi connectivity index (χ4n) is 3.29. The maximum Gasteiger partial charge on any atom is 0.242 e. The van der Waals surface area contributed by atoms with Crippen LogP contribution in [0.5, 0.6) is 11.5 Å². The fraction of sp³-hybridized carbons (Fsp3) is 0.440. The Morgan fingerprint density at radius 2 is 1.42 bits per heavy atom. The molecule has 1 N–H and O–H groups in total. The van der Waals surface area contributed by atoms with Crippen LogP contribution in [-0.2, 0) is 22.6 Å². The van der Waals surface area contributed by atoms with Crippen LogP contribution in [0.3, 0.4) is 0 Å². The van der Waals surface area contributed by atoms with Gasteiger partial charge in [0, 0.05) is 13.1 Å². The second-order valence-electron chi connectivity index (χ2n) is 7.96. The number of hydrogen-bond acceptors (Lipinski definition) is 4. The molecule has 168 valence electrons. The molecule has 0 aliphatic rings. The number of rotatable bonds is 11. The molecule has 0 saturated carbocycles. The number of carbonyl (C=O) groups is 2. The van der Waals surface area contributed by atoms with E-state index in [0.29, 0.717) is 25.4 Å². The van der Waals surface area contributed by atoms with Gasteiger partial charge in [0.15, 0.2) is 0 Å². The quantitative estimate of drug-likeness (QED) is 0.593. The van der Waals surface area contributed by atoms with E-state index in [1.165, 1.54) is 0 Å². The van der Waals surface area contributed by atoms with Gasteiger partial charge in [-0.05, 0) is 47.7 Å². The molecule has 2 amide bonds. The van der Waals surface area contributed by atoms with Crippen molar-refractivity contribution in [3.63, 3.8) is 0 Å². The van der Waals surface area contributed by atoms with Crippen molar-refractivity contribution in [3.05, 3.63) is 59.7 Å². The third-order valence-electron chi connectivity index (χ3n) is 5.10. The summed E-state index contributed by atoms with van der Waals surface area (Å²) in [5.41, 5.74) is 1.82. The summed E-state index contributed by atoms with van der Waals surface area (Å²) < 4.78 is 10.4. The van der Waals surface area contributed by atoms with Crippen LogP contribution in [0.2, 0.25) is 0 Å². The smallest absolute Gasteiger partial charge is 0.242 e. The molecule has 0 heterocycles. The lowest BCUT2D eigenvalue weighted by atomic mass is 10.1.